The van der Waals surface area contributed by atoms with Crippen LogP contribution in [0.5, 0.6) is 0 Å². The van der Waals surface area contributed by atoms with Crippen molar-refractivity contribution < 1.29 is 9.59 Å². The molecule has 1 unspecified atom stereocenters. The summed E-state index contributed by atoms with van der Waals surface area (Å²) in [6.07, 6.45) is 4.58. The number of carbonyl (C=O) groups is 2. The van der Waals surface area contributed by atoms with Crippen molar-refractivity contribution in [1.29, 1.82) is 0 Å². The smallest absolute Gasteiger partial charge is 0.318 e. The van der Waals surface area contributed by atoms with Gasteiger partial charge in [-0.2, -0.15) is 5.10 Å². The number of nitrogens with zero attached hydrogens (tertiary/aromatic N) is 4. The van der Waals surface area contributed by atoms with Crippen molar-refractivity contribution in [3.8, 4) is 0 Å². The minimum absolute atomic E-state index is 0.0393. The fraction of sp³-hybridized carbons (Fsp3) is 0.688. The zero-order valence-corrected chi connectivity index (χ0v) is 14.5. The highest BCUT2D eigenvalue weighted by atomic mass is 16.2. The molecule has 1 atom stereocenters. The molecule has 1 aliphatic rings. The third kappa shape index (κ3) is 4.03. The van der Waals surface area contributed by atoms with Gasteiger partial charge in [0.15, 0.2) is 0 Å². The molecule has 1 fully saturated rings. The van der Waals surface area contributed by atoms with E-state index in [0.717, 1.165) is 30.5 Å². The molecule has 2 rings (SSSR count). The number of hydrogen-bond acceptors (Lipinski definition) is 3. The van der Waals surface area contributed by atoms with Crippen LogP contribution < -0.4 is 5.32 Å². The Morgan fingerprint density at radius 3 is 2.74 bits per heavy atom. The Morgan fingerprint density at radius 1 is 1.39 bits per heavy atom. The standard InChI is InChI=1S/C16H27N5O2/c1-5-6-7-14-15(22)19(3)8-9-21(14)16(23)17-10-13-11-20(4)18-12(13)2/h11,14H,5-10H2,1-4H3,(H,17,23). The lowest BCUT2D eigenvalue weighted by atomic mass is 10.0. The maximum Gasteiger partial charge on any atom is 0.318 e. The summed E-state index contributed by atoms with van der Waals surface area (Å²) >= 11 is 0. The average molecular weight is 321 g/mol. The first kappa shape index (κ1) is 17.3. The van der Waals surface area contributed by atoms with Crippen LogP contribution in [-0.2, 0) is 18.4 Å². The quantitative estimate of drug-likeness (QED) is 0.888. The van der Waals surface area contributed by atoms with Gasteiger partial charge in [-0.15, -0.1) is 0 Å². The number of carbonyl (C=O) groups excluding carboxylic acids is 2. The number of aromatic nitrogens is 2. The molecule has 2 heterocycles. The molecule has 0 aliphatic carbocycles. The zero-order chi connectivity index (χ0) is 17.0. The van der Waals surface area contributed by atoms with Crippen molar-refractivity contribution in [3.63, 3.8) is 0 Å². The molecule has 0 bridgehead atoms. The number of likely N-dealkylation sites (N-methyl/N-ethyl adjacent to an activating group) is 1. The summed E-state index contributed by atoms with van der Waals surface area (Å²) in [6, 6.07) is -0.514. The first-order chi connectivity index (χ1) is 10.9. The topological polar surface area (TPSA) is 70.5 Å². The van der Waals surface area contributed by atoms with Crippen molar-refractivity contribution in [2.24, 2.45) is 7.05 Å². The highest BCUT2D eigenvalue weighted by Crippen LogP contribution is 2.16. The molecular weight excluding hydrogens is 294 g/mol. The lowest BCUT2D eigenvalue weighted by Crippen LogP contribution is -2.59. The molecule has 0 spiro atoms. The molecule has 1 aromatic rings. The predicted molar refractivity (Wildman–Crippen MR) is 87.8 cm³/mol. The molecule has 7 heteroatoms. The molecule has 3 amide bonds. The summed E-state index contributed by atoms with van der Waals surface area (Å²) < 4.78 is 1.74. The molecule has 7 nitrogen and oxygen atoms in total. The van der Waals surface area contributed by atoms with E-state index >= 15 is 0 Å². The van der Waals surface area contributed by atoms with Crippen LogP contribution in [0.15, 0.2) is 6.20 Å². The van der Waals surface area contributed by atoms with Crippen LogP contribution in [-0.4, -0.2) is 57.7 Å². The molecular formula is C16H27N5O2. The Kier molecular flexibility index (Phi) is 5.63. The second kappa shape index (κ2) is 7.48. The molecule has 0 radical (unpaired) electrons. The second-order valence-corrected chi connectivity index (χ2v) is 6.18. The minimum Gasteiger partial charge on any atom is -0.342 e. The molecule has 0 aromatic carbocycles. The van der Waals surface area contributed by atoms with Crippen LogP contribution in [0.4, 0.5) is 4.79 Å². The van der Waals surface area contributed by atoms with Crippen molar-refractivity contribution in [2.75, 3.05) is 20.1 Å². The summed E-state index contributed by atoms with van der Waals surface area (Å²) in [5.74, 6) is 0.0393. The van der Waals surface area contributed by atoms with Gasteiger partial charge in [-0.1, -0.05) is 19.8 Å². The molecule has 0 saturated carbocycles. The van der Waals surface area contributed by atoms with Crippen molar-refractivity contribution in [2.45, 2.75) is 45.7 Å². The zero-order valence-electron chi connectivity index (χ0n) is 14.5. The van der Waals surface area contributed by atoms with E-state index in [4.69, 9.17) is 0 Å². The number of nitrogens with one attached hydrogen (secondary N) is 1. The summed E-state index contributed by atoms with van der Waals surface area (Å²) in [5, 5.41) is 7.20. The van der Waals surface area contributed by atoms with Crippen LogP contribution in [0.2, 0.25) is 0 Å². The predicted octanol–water partition coefficient (Wildman–Crippen LogP) is 1.27. The Morgan fingerprint density at radius 2 is 2.13 bits per heavy atom. The number of rotatable bonds is 5. The van der Waals surface area contributed by atoms with E-state index < -0.39 is 0 Å². The Balaban J connectivity index is 2.00. The third-order valence-corrected chi connectivity index (χ3v) is 4.35. The summed E-state index contributed by atoms with van der Waals surface area (Å²) in [4.78, 5) is 28.3. The van der Waals surface area contributed by atoms with E-state index in [0.29, 0.717) is 19.6 Å². The van der Waals surface area contributed by atoms with Crippen molar-refractivity contribution in [1.82, 2.24) is 24.9 Å². The van der Waals surface area contributed by atoms with E-state index in [1.54, 1.807) is 21.5 Å². The van der Waals surface area contributed by atoms with Gasteiger partial charge in [0, 0.05) is 45.5 Å². The van der Waals surface area contributed by atoms with Gasteiger partial charge in [0.05, 0.1) is 5.69 Å². The van der Waals surface area contributed by atoms with E-state index in [1.165, 1.54) is 0 Å². The van der Waals surface area contributed by atoms with Crippen LogP contribution >= 0.6 is 0 Å². The van der Waals surface area contributed by atoms with Crippen molar-refractivity contribution >= 4 is 11.9 Å². The Labute approximate surface area is 137 Å². The van der Waals surface area contributed by atoms with E-state index in [9.17, 15) is 9.59 Å². The second-order valence-electron chi connectivity index (χ2n) is 6.18. The van der Waals surface area contributed by atoms with Gasteiger partial charge in [0.25, 0.3) is 0 Å². The highest BCUT2D eigenvalue weighted by molar-refractivity contribution is 5.88. The summed E-state index contributed by atoms with van der Waals surface area (Å²) in [5.41, 5.74) is 1.90. The van der Waals surface area contributed by atoms with Crippen LogP contribution in [0.25, 0.3) is 0 Å². The monoisotopic (exact) mass is 321 g/mol. The Hall–Kier alpha value is -2.05. The fourth-order valence-electron chi connectivity index (χ4n) is 2.93. The van der Waals surface area contributed by atoms with Crippen LogP contribution in [0.1, 0.15) is 37.4 Å². The highest BCUT2D eigenvalue weighted by Gasteiger charge is 2.35. The molecule has 1 aliphatic heterocycles. The average Bonchev–Trinajstić information content (AvgIpc) is 2.84. The molecule has 23 heavy (non-hydrogen) atoms. The maximum atomic E-state index is 12.5. The SMILES string of the molecule is CCCCC1C(=O)N(C)CCN1C(=O)NCc1cn(C)nc1C. The summed E-state index contributed by atoms with van der Waals surface area (Å²) in [6.45, 7) is 5.60. The van der Waals surface area contributed by atoms with E-state index in [2.05, 4.69) is 17.3 Å². The Bertz CT molecular complexity index is 569. The van der Waals surface area contributed by atoms with Gasteiger partial charge in [-0.25, -0.2) is 4.79 Å². The normalized spacial score (nSPS) is 18.4. The van der Waals surface area contributed by atoms with Gasteiger partial charge in [0.2, 0.25) is 5.91 Å². The van der Waals surface area contributed by atoms with Gasteiger partial charge < -0.3 is 15.1 Å². The summed E-state index contributed by atoms with van der Waals surface area (Å²) in [7, 11) is 3.66. The molecule has 1 N–H and O–H groups in total. The number of aryl methyl sites for hydroxylation is 2. The minimum atomic E-state index is -0.344. The first-order valence-corrected chi connectivity index (χ1v) is 8.22. The lowest BCUT2D eigenvalue weighted by molar-refractivity contribution is -0.138. The number of hydrogen-bond donors (Lipinski definition) is 1. The fourth-order valence-corrected chi connectivity index (χ4v) is 2.93. The molecule has 128 valence electrons. The number of unbranched alkanes of at least 4 members (excludes halogenated alkanes) is 1. The van der Waals surface area contributed by atoms with Gasteiger partial charge >= 0.3 is 6.03 Å². The van der Waals surface area contributed by atoms with Gasteiger partial charge in [-0.05, 0) is 13.3 Å². The third-order valence-electron chi connectivity index (χ3n) is 4.35. The van der Waals surface area contributed by atoms with E-state index in [-0.39, 0.29) is 18.0 Å². The van der Waals surface area contributed by atoms with Gasteiger partial charge in [0.1, 0.15) is 6.04 Å². The van der Waals surface area contributed by atoms with Crippen molar-refractivity contribution in [3.05, 3.63) is 17.5 Å². The lowest BCUT2D eigenvalue weighted by Gasteiger charge is -2.39. The number of amides is 3. The maximum absolute atomic E-state index is 12.5. The molecule has 1 aromatic heterocycles. The number of urea groups is 1. The van der Waals surface area contributed by atoms with Crippen LogP contribution in [0, 0.1) is 6.92 Å². The largest absolute Gasteiger partial charge is 0.342 e. The van der Waals surface area contributed by atoms with Crippen LogP contribution in [0.3, 0.4) is 0 Å². The number of piperazine rings is 1. The molecule has 1 saturated heterocycles. The van der Waals surface area contributed by atoms with E-state index in [1.807, 2.05) is 20.2 Å². The first-order valence-electron chi connectivity index (χ1n) is 8.22. The van der Waals surface area contributed by atoms with Gasteiger partial charge in [-0.3, -0.25) is 9.48 Å².